The molecule has 0 fully saturated rings. The van der Waals surface area contributed by atoms with Gasteiger partial charge in [0.2, 0.25) is 0 Å². The fourth-order valence-electron chi connectivity index (χ4n) is 1.24. The first-order valence-electron chi connectivity index (χ1n) is 5.74. The maximum absolute atomic E-state index is 11.7. The largest absolute Gasteiger partial charge is 0.399 e. The zero-order valence-electron chi connectivity index (χ0n) is 10.5. The number of hydrazone groups is 1. The Labute approximate surface area is 102 Å². The summed E-state index contributed by atoms with van der Waals surface area (Å²) in [6, 6.07) is 6.75. The van der Waals surface area contributed by atoms with Crippen molar-refractivity contribution in [2.75, 3.05) is 5.73 Å². The minimum Gasteiger partial charge on any atom is -0.399 e. The highest BCUT2D eigenvalue weighted by Crippen LogP contribution is 2.06. The quantitative estimate of drug-likeness (QED) is 0.476. The molecule has 0 aliphatic carbocycles. The van der Waals surface area contributed by atoms with Gasteiger partial charge >= 0.3 is 0 Å². The summed E-state index contributed by atoms with van der Waals surface area (Å²) in [5.41, 5.74) is 10.2. The molecule has 92 valence electrons. The highest BCUT2D eigenvalue weighted by Gasteiger charge is 2.06. The van der Waals surface area contributed by atoms with Crippen molar-refractivity contribution in [1.29, 1.82) is 0 Å². The van der Waals surface area contributed by atoms with Crippen molar-refractivity contribution in [3.8, 4) is 0 Å². The third-order valence-electron chi connectivity index (χ3n) is 2.83. The Hall–Kier alpha value is -1.84. The molecule has 0 saturated heterocycles. The van der Waals surface area contributed by atoms with Gasteiger partial charge in [0.25, 0.3) is 5.91 Å². The average Bonchev–Trinajstić information content (AvgIpc) is 2.35. The van der Waals surface area contributed by atoms with Crippen LogP contribution in [0.1, 0.15) is 37.6 Å². The molecule has 0 bridgehead atoms. The molecule has 0 aliphatic rings. The van der Waals surface area contributed by atoms with Crippen LogP contribution in [0.4, 0.5) is 5.69 Å². The SMILES string of the molecule is CC[C@H](C)/C(C)=N\NC(=O)c1ccc(N)cc1. The van der Waals surface area contributed by atoms with Gasteiger partial charge in [0.05, 0.1) is 0 Å². The number of hydrogen-bond acceptors (Lipinski definition) is 3. The van der Waals surface area contributed by atoms with Crippen molar-refractivity contribution in [3.05, 3.63) is 29.8 Å². The Bertz CT molecular complexity index is 409. The van der Waals surface area contributed by atoms with E-state index in [9.17, 15) is 4.79 Å². The highest BCUT2D eigenvalue weighted by molar-refractivity contribution is 5.95. The molecule has 1 aromatic rings. The normalized spacial score (nSPS) is 13.2. The van der Waals surface area contributed by atoms with E-state index >= 15 is 0 Å². The van der Waals surface area contributed by atoms with Crippen molar-refractivity contribution in [2.24, 2.45) is 11.0 Å². The van der Waals surface area contributed by atoms with Gasteiger partial charge in [0.15, 0.2) is 0 Å². The van der Waals surface area contributed by atoms with E-state index in [0.717, 1.165) is 12.1 Å². The van der Waals surface area contributed by atoms with Crippen molar-refractivity contribution >= 4 is 17.3 Å². The molecule has 1 rings (SSSR count). The van der Waals surface area contributed by atoms with Crippen molar-refractivity contribution < 1.29 is 4.79 Å². The third kappa shape index (κ3) is 3.90. The van der Waals surface area contributed by atoms with Crippen LogP contribution < -0.4 is 11.2 Å². The van der Waals surface area contributed by atoms with Gasteiger partial charge in [-0.25, -0.2) is 5.43 Å². The van der Waals surface area contributed by atoms with Gasteiger partial charge in [-0.05, 0) is 43.5 Å². The highest BCUT2D eigenvalue weighted by atomic mass is 16.2. The molecule has 1 atom stereocenters. The van der Waals surface area contributed by atoms with E-state index in [4.69, 9.17) is 5.73 Å². The number of rotatable bonds is 4. The average molecular weight is 233 g/mol. The lowest BCUT2D eigenvalue weighted by Gasteiger charge is -2.08. The van der Waals surface area contributed by atoms with Gasteiger partial charge in [-0.15, -0.1) is 0 Å². The van der Waals surface area contributed by atoms with Crippen LogP contribution in [0.3, 0.4) is 0 Å². The minimum absolute atomic E-state index is 0.215. The van der Waals surface area contributed by atoms with E-state index in [1.54, 1.807) is 24.3 Å². The van der Waals surface area contributed by atoms with Crippen LogP contribution in [0.15, 0.2) is 29.4 Å². The first-order chi connectivity index (χ1) is 8.04. The van der Waals surface area contributed by atoms with E-state index in [1.807, 2.05) is 6.92 Å². The molecule has 0 saturated carbocycles. The number of nitrogens with two attached hydrogens (primary N) is 1. The number of benzene rings is 1. The lowest BCUT2D eigenvalue weighted by molar-refractivity contribution is 0.0954. The standard InChI is InChI=1S/C13H19N3O/c1-4-9(2)10(3)15-16-13(17)11-5-7-12(14)8-6-11/h5-9H,4,14H2,1-3H3,(H,16,17)/b15-10-/t9-/m0/s1. The molecule has 4 nitrogen and oxygen atoms in total. The third-order valence-corrected chi connectivity index (χ3v) is 2.83. The summed E-state index contributed by atoms with van der Waals surface area (Å²) in [7, 11) is 0. The second-order valence-corrected chi connectivity index (χ2v) is 4.13. The zero-order valence-corrected chi connectivity index (χ0v) is 10.5. The maximum Gasteiger partial charge on any atom is 0.271 e. The van der Waals surface area contributed by atoms with Crippen LogP contribution in [0.2, 0.25) is 0 Å². The lowest BCUT2D eigenvalue weighted by Crippen LogP contribution is -2.20. The van der Waals surface area contributed by atoms with Crippen LogP contribution in [0.25, 0.3) is 0 Å². The van der Waals surface area contributed by atoms with Crippen LogP contribution in [-0.4, -0.2) is 11.6 Å². The molecule has 0 spiro atoms. The van der Waals surface area contributed by atoms with Gasteiger partial charge in [-0.1, -0.05) is 13.8 Å². The number of nitrogens with zero attached hydrogens (tertiary/aromatic N) is 1. The van der Waals surface area contributed by atoms with E-state index < -0.39 is 0 Å². The molecule has 4 heteroatoms. The molecule has 0 unspecified atom stereocenters. The Morgan fingerprint density at radius 3 is 2.53 bits per heavy atom. The monoisotopic (exact) mass is 233 g/mol. The first-order valence-corrected chi connectivity index (χ1v) is 5.74. The fraction of sp³-hybridized carbons (Fsp3) is 0.385. The second kappa shape index (κ2) is 6.03. The molecule has 0 aromatic heterocycles. The van der Waals surface area contributed by atoms with E-state index in [0.29, 0.717) is 17.2 Å². The first kappa shape index (κ1) is 13.2. The summed E-state index contributed by atoms with van der Waals surface area (Å²) in [5.74, 6) is 0.161. The zero-order chi connectivity index (χ0) is 12.8. The van der Waals surface area contributed by atoms with Crippen LogP contribution in [-0.2, 0) is 0 Å². The van der Waals surface area contributed by atoms with Gasteiger partial charge in [-0.2, -0.15) is 5.10 Å². The van der Waals surface area contributed by atoms with E-state index in [1.165, 1.54) is 0 Å². The molecule has 0 aliphatic heterocycles. The predicted octanol–water partition coefficient (Wildman–Crippen LogP) is 2.42. The van der Waals surface area contributed by atoms with Gasteiger partial charge in [0.1, 0.15) is 0 Å². The fourth-order valence-corrected chi connectivity index (χ4v) is 1.24. The molecule has 17 heavy (non-hydrogen) atoms. The van der Waals surface area contributed by atoms with Gasteiger partial charge < -0.3 is 5.73 Å². The van der Waals surface area contributed by atoms with Crippen LogP contribution in [0, 0.1) is 5.92 Å². The van der Waals surface area contributed by atoms with Crippen molar-refractivity contribution in [2.45, 2.75) is 27.2 Å². The summed E-state index contributed by atoms with van der Waals surface area (Å²) < 4.78 is 0. The molecule has 3 N–H and O–H groups in total. The number of nitrogens with one attached hydrogen (secondary N) is 1. The topological polar surface area (TPSA) is 67.5 Å². The van der Waals surface area contributed by atoms with Crippen molar-refractivity contribution in [1.82, 2.24) is 5.43 Å². The van der Waals surface area contributed by atoms with Gasteiger partial charge in [-0.3, -0.25) is 4.79 Å². The van der Waals surface area contributed by atoms with Crippen LogP contribution in [0.5, 0.6) is 0 Å². The number of anilines is 1. The summed E-state index contributed by atoms with van der Waals surface area (Å²) in [6.45, 7) is 6.08. The molecule has 0 heterocycles. The maximum atomic E-state index is 11.7. The molecular weight excluding hydrogens is 214 g/mol. The van der Waals surface area contributed by atoms with E-state index in [-0.39, 0.29) is 5.91 Å². The molecule has 1 amide bonds. The van der Waals surface area contributed by atoms with E-state index in [2.05, 4.69) is 24.4 Å². The summed E-state index contributed by atoms with van der Waals surface area (Å²) >= 11 is 0. The van der Waals surface area contributed by atoms with Crippen LogP contribution >= 0.6 is 0 Å². The predicted molar refractivity (Wildman–Crippen MR) is 70.9 cm³/mol. The Morgan fingerprint density at radius 1 is 1.41 bits per heavy atom. The number of amides is 1. The summed E-state index contributed by atoms with van der Waals surface area (Å²) in [5, 5.41) is 4.08. The number of nitrogen functional groups attached to an aromatic ring is 1. The Morgan fingerprint density at radius 2 is 2.00 bits per heavy atom. The molecule has 1 aromatic carbocycles. The molecular formula is C13H19N3O. The molecule has 0 radical (unpaired) electrons. The number of carbonyl (C=O) groups is 1. The smallest absolute Gasteiger partial charge is 0.271 e. The lowest BCUT2D eigenvalue weighted by atomic mass is 10.1. The number of carbonyl (C=O) groups excluding carboxylic acids is 1. The van der Waals surface area contributed by atoms with Gasteiger partial charge in [0, 0.05) is 17.0 Å². The Kier molecular flexibility index (Phi) is 4.69. The summed E-state index contributed by atoms with van der Waals surface area (Å²) in [6.07, 6.45) is 1.01. The Balaban J connectivity index is 2.64. The van der Waals surface area contributed by atoms with Crippen molar-refractivity contribution in [3.63, 3.8) is 0 Å². The second-order valence-electron chi connectivity index (χ2n) is 4.13. The minimum atomic E-state index is -0.215. The number of hydrogen-bond donors (Lipinski definition) is 2. The summed E-state index contributed by atoms with van der Waals surface area (Å²) in [4.78, 5) is 11.7.